The van der Waals surface area contributed by atoms with Gasteiger partial charge in [-0.25, -0.2) is 4.39 Å². The average molecular weight is 369 g/mol. The number of para-hydroxylation sites is 1. The molecular formula is C17H12FN5O4. The molecule has 2 heterocycles. The SMILES string of the molecule is Cn1c(=O)c2ccccc2n2c(COc3cc(F)ccc3[N+](=O)[O-])nnc12. The highest BCUT2D eigenvalue weighted by molar-refractivity contribution is 5.80. The fourth-order valence-corrected chi connectivity index (χ4v) is 2.88. The number of nitro groups is 1. The van der Waals surface area contributed by atoms with Crippen LogP contribution >= 0.6 is 0 Å². The number of halogens is 1. The number of fused-ring (bicyclic) bond motifs is 3. The van der Waals surface area contributed by atoms with Gasteiger partial charge in [0.05, 0.1) is 15.8 Å². The molecule has 0 unspecified atom stereocenters. The molecule has 136 valence electrons. The average Bonchev–Trinajstić information content (AvgIpc) is 3.08. The summed E-state index contributed by atoms with van der Waals surface area (Å²) in [5.41, 5.74) is -0.00541. The Kier molecular flexibility index (Phi) is 3.80. The second kappa shape index (κ2) is 6.16. The summed E-state index contributed by atoms with van der Waals surface area (Å²) in [7, 11) is 1.57. The Morgan fingerprint density at radius 1 is 1.22 bits per heavy atom. The number of nitro benzene ring substituents is 1. The molecule has 4 rings (SSSR count). The highest BCUT2D eigenvalue weighted by Gasteiger charge is 2.19. The van der Waals surface area contributed by atoms with E-state index in [2.05, 4.69) is 10.2 Å². The second-order valence-corrected chi connectivity index (χ2v) is 5.79. The van der Waals surface area contributed by atoms with Crippen LogP contribution in [-0.4, -0.2) is 24.1 Å². The molecule has 0 fully saturated rings. The topological polar surface area (TPSA) is 105 Å². The van der Waals surface area contributed by atoms with Crippen LogP contribution in [0.5, 0.6) is 5.75 Å². The lowest BCUT2D eigenvalue weighted by Crippen LogP contribution is -2.20. The van der Waals surface area contributed by atoms with E-state index < -0.39 is 10.7 Å². The molecule has 0 atom stereocenters. The zero-order valence-corrected chi connectivity index (χ0v) is 14.0. The highest BCUT2D eigenvalue weighted by Crippen LogP contribution is 2.28. The summed E-state index contributed by atoms with van der Waals surface area (Å²) in [6, 6.07) is 9.89. The molecule has 0 aliphatic rings. The summed E-state index contributed by atoms with van der Waals surface area (Å²) in [6.45, 7) is -0.201. The minimum Gasteiger partial charge on any atom is -0.478 e. The molecule has 9 nitrogen and oxygen atoms in total. The third-order valence-electron chi connectivity index (χ3n) is 4.17. The van der Waals surface area contributed by atoms with Crippen LogP contribution in [0.25, 0.3) is 16.7 Å². The molecule has 0 N–H and O–H groups in total. The van der Waals surface area contributed by atoms with Crippen LogP contribution in [0.4, 0.5) is 10.1 Å². The number of hydrogen-bond acceptors (Lipinski definition) is 6. The van der Waals surface area contributed by atoms with Gasteiger partial charge in [-0.15, -0.1) is 10.2 Å². The lowest BCUT2D eigenvalue weighted by molar-refractivity contribution is -0.386. The van der Waals surface area contributed by atoms with Crippen LogP contribution in [0, 0.1) is 15.9 Å². The van der Waals surface area contributed by atoms with Gasteiger partial charge in [0.1, 0.15) is 12.4 Å². The molecular weight excluding hydrogens is 357 g/mol. The van der Waals surface area contributed by atoms with Crippen molar-refractivity contribution < 1.29 is 14.1 Å². The van der Waals surface area contributed by atoms with Crippen molar-refractivity contribution in [3.8, 4) is 5.75 Å². The van der Waals surface area contributed by atoms with Crippen molar-refractivity contribution in [3.63, 3.8) is 0 Å². The van der Waals surface area contributed by atoms with Crippen LogP contribution in [0.2, 0.25) is 0 Å². The fraction of sp³-hybridized carbons (Fsp3) is 0.118. The molecule has 0 saturated carbocycles. The maximum atomic E-state index is 13.5. The van der Waals surface area contributed by atoms with Gasteiger partial charge in [0.2, 0.25) is 5.78 Å². The Bertz CT molecular complexity index is 1260. The van der Waals surface area contributed by atoms with Gasteiger partial charge in [-0.2, -0.15) is 0 Å². The van der Waals surface area contributed by atoms with E-state index in [0.29, 0.717) is 22.5 Å². The Labute approximate surface area is 150 Å². The highest BCUT2D eigenvalue weighted by atomic mass is 19.1. The lowest BCUT2D eigenvalue weighted by Gasteiger charge is -2.09. The van der Waals surface area contributed by atoms with Gasteiger partial charge in [-0.3, -0.25) is 23.9 Å². The molecule has 0 spiro atoms. The van der Waals surface area contributed by atoms with Crippen molar-refractivity contribution in [2.24, 2.45) is 7.05 Å². The van der Waals surface area contributed by atoms with Crippen LogP contribution in [0.3, 0.4) is 0 Å². The third kappa shape index (κ3) is 2.67. The predicted molar refractivity (Wildman–Crippen MR) is 93.1 cm³/mol. The van der Waals surface area contributed by atoms with Crippen molar-refractivity contribution in [2.45, 2.75) is 6.61 Å². The van der Waals surface area contributed by atoms with E-state index in [9.17, 15) is 19.3 Å². The Balaban J connectivity index is 1.82. The number of nitrogens with zero attached hydrogens (tertiary/aromatic N) is 5. The fourth-order valence-electron chi connectivity index (χ4n) is 2.88. The summed E-state index contributed by atoms with van der Waals surface area (Å²) in [5.74, 6) is -0.262. The summed E-state index contributed by atoms with van der Waals surface area (Å²) in [4.78, 5) is 22.9. The Morgan fingerprint density at radius 2 is 2.00 bits per heavy atom. The molecule has 0 amide bonds. The van der Waals surface area contributed by atoms with Gasteiger partial charge < -0.3 is 4.74 Å². The quantitative estimate of drug-likeness (QED) is 0.403. The lowest BCUT2D eigenvalue weighted by atomic mass is 10.2. The van der Waals surface area contributed by atoms with Crippen molar-refractivity contribution in [1.29, 1.82) is 0 Å². The van der Waals surface area contributed by atoms with E-state index in [0.717, 1.165) is 18.2 Å². The molecule has 0 radical (unpaired) electrons. The summed E-state index contributed by atoms with van der Waals surface area (Å²) >= 11 is 0. The first-order valence-electron chi connectivity index (χ1n) is 7.86. The van der Waals surface area contributed by atoms with Crippen molar-refractivity contribution in [3.05, 3.63) is 74.6 Å². The van der Waals surface area contributed by atoms with Gasteiger partial charge >= 0.3 is 5.69 Å². The van der Waals surface area contributed by atoms with E-state index in [1.165, 1.54) is 4.57 Å². The first kappa shape index (κ1) is 16.6. The van der Waals surface area contributed by atoms with Crippen LogP contribution in [-0.2, 0) is 13.7 Å². The van der Waals surface area contributed by atoms with E-state index in [1.54, 1.807) is 35.7 Å². The third-order valence-corrected chi connectivity index (χ3v) is 4.17. The van der Waals surface area contributed by atoms with E-state index in [1.807, 2.05) is 0 Å². The second-order valence-electron chi connectivity index (χ2n) is 5.79. The van der Waals surface area contributed by atoms with Crippen molar-refractivity contribution >= 4 is 22.4 Å². The zero-order valence-electron chi connectivity index (χ0n) is 14.0. The molecule has 27 heavy (non-hydrogen) atoms. The first-order chi connectivity index (χ1) is 13.0. The zero-order chi connectivity index (χ0) is 19.1. The number of benzene rings is 2. The summed E-state index contributed by atoms with van der Waals surface area (Å²) in [6.07, 6.45) is 0. The van der Waals surface area contributed by atoms with Crippen LogP contribution in [0.15, 0.2) is 47.3 Å². The number of aryl methyl sites for hydroxylation is 1. The Hall–Kier alpha value is -3.82. The maximum Gasteiger partial charge on any atom is 0.311 e. The number of hydrogen-bond donors (Lipinski definition) is 0. The molecule has 0 bridgehead atoms. The minimum atomic E-state index is -0.658. The largest absolute Gasteiger partial charge is 0.478 e. The maximum absolute atomic E-state index is 13.5. The molecule has 0 aliphatic carbocycles. The smallest absolute Gasteiger partial charge is 0.311 e. The van der Waals surface area contributed by atoms with Crippen molar-refractivity contribution in [1.82, 2.24) is 19.2 Å². The van der Waals surface area contributed by atoms with Crippen LogP contribution in [0.1, 0.15) is 5.82 Å². The Morgan fingerprint density at radius 3 is 2.78 bits per heavy atom. The van der Waals surface area contributed by atoms with Gasteiger partial charge in [0.15, 0.2) is 11.6 Å². The predicted octanol–water partition coefficient (Wildman–Crippen LogP) is 2.21. The standard InChI is InChI=1S/C17H12FN5O4/c1-21-16(24)11-4-2-3-5-12(11)22-15(19-20-17(21)22)9-27-14-8-10(18)6-7-13(14)23(25)26/h2-8H,9H2,1H3. The van der Waals surface area contributed by atoms with Crippen molar-refractivity contribution in [2.75, 3.05) is 0 Å². The van der Waals surface area contributed by atoms with Gasteiger partial charge in [0, 0.05) is 19.2 Å². The number of ether oxygens (including phenoxy) is 1. The first-order valence-corrected chi connectivity index (χ1v) is 7.86. The summed E-state index contributed by atoms with van der Waals surface area (Å²) < 4.78 is 21.9. The number of aromatic nitrogens is 4. The molecule has 0 saturated heterocycles. The molecule has 0 aliphatic heterocycles. The van der Waals surface area contributed by atoms with Crippen LogP contribution < -0.4 is 10.3 Å². The van der Waals surface area contributed by atoms with Gasteiger partial charge in [0.25, 0.3) is 5.56 Å². The number of rotatable bonds is 4. The summed E-state index contributed by atoms with van der Waals surface area (Å²) in [5, 5.41) is 19.6. The normalized spacial score (nSPS) is 11.2. The van der Waals surface area contributed by atoms with E-state index >= 15 is 0 Å². The molecule has 2 aromatic heterocycles. The van der Waals surface area contributed by atoms with E-state index in [-0.39, 0.29) is 23.6 Å². The molecule has 10 heteroatoms. The molecule has 2 aromatic carbocycles. The molecule has 4 aromatic rings. The van der Waals surface area contributed by atoms with E-state index in [4.69, 9.17) is 4.74 Å². The minimum absolute atomic E-state index is 0.201. The van der Waals surface area contributed by atoms with Gasteiger partial charge in [-0.1, -0.05) is 12.1 Å². The monoisotopic (exact) mass is 369 g/mol. The van der Waals surface area contributed by atoms with Gasteiger partial charge in [-0.05, 0) is 18.2 Å².